The number of benzene rings is 1. The molecule has 1 unspecified atom stereocenters. The zero-order valence-electron chi connectivity index (χ0n) is 11.0. The smallest absolute Gasteiger partial charge is 0.236 e. The van der Waals surface area contributed by atoms with Gasteiger partial charge in [0.15, 0.2) is 0 Å². The molecule has 0 aliphatic carbocycles. The van der Waals surface area contributed by atoms with Gasteiger partial charge in [-0.05, 0) is 25.2 Å². The van der Waals surface area contributed by atoms with E-state index in [-0.39, 0.29) is 4.51 Å². The molecule has 0 amide bonds. The van der Waals surface area contributed by atoms with Gasteiger partial charge in [-0.1, -0.05) is 11.6 Å². The van der Waals surface area contributed by atoms with Crippen molar-refractivity contribution in [1.82, 2.24) is 9.80 Å². The normalized spacial score (nSPS) is 26.8. The molecule has 2 aliphatic rings. The molecule has 0 radical (unpaired) electrons. The van der Waals surface area contributed by atoms with Gasteiger partial charge < -0.3 is 9.80 Å². The maximum Gasteiger partial charge on any atom is 0.236 e. The topological polar surface area (TPSA) is 68.5 Å². The van der Waals surface area contributed by atoms with Crippen molar-refractivity contribution in [3.8, 4) is 0 Å². The maximum atomic E-state index is 12.3. The quantitative estimate of drug-likeness (QED) is 0.708. The highest BCUT2D eigenvalue weighted by atomic mass is 35.5. The molecule has 108 valence electrons. The minimum absolute atomic E-state index is 0.183. The summed E-state index contributed by atoms with van der Waals surface area (Å²) in [5, 5.41) is 0.866. The first kappa shape index (κ1) is 13.8. The Hall–Kier alpha value is -1.15. The van der Waals surface area contributed by atoms with E-state index >= 15 is 0 Å². The van der Waals surface area contributed by atoms with E-state index in [2.05, 4.69) is 14.3 Å². The average molecular weight is 315 g/mol. The first-order chi connectivity index (χ1) is 9.45. The standard InChI is InChI=1S/C12H15ClN4O2S/c1-16-4-6-17(7-5-16)12-14-10-3-2-9(13)8-11(10)20(18,19)15-12/h2-3,8H,4-7H2,1H3,(H,14,15,18,19). The number of halogens is 1. The van der Waals surface area contributed by atoms with Gasteiger partial charge in [-0.2, -0.15) is 0 Å². The number of likely N-dealkylation sites (N-methyl/N-ethyl adjacent to an activating group) is 1. The van der Waals surface area contributed by atoms with Gasteiger partial charge in [0, 0.05) is 31.2 Å². The molecule has 2 aliphatic heterocycles. The molecule has 6 nitrogen and oxygen atoms in total. The molecule has 1 N–H and O–H groups in total. The van der Waals surface area contributed by atoms with Crippen LogP contribution in [0.1, 0.15) is 0 Å². The zero-order valence-corrected chi connectivity index (χ0v) is 12.6. The first-order valence-corrected chi connectivity index (χ1v) is 8.12. The molecule has 1 saturated heterocycles. The van der Waals surface area contributed by atoms with Crippen LogP contribution in [-0.4, -0.2) is 57.7 Å². The first-order valence-electron chi connectivity index (χ1n) is 6.27. The zero-order chi connectivity index (χ0) is 14.3. The lowest BCUT2D eigenvalue weighted by molar-refractivity contribution is 0.214. The second-order valence-corrected chi connectivity index (χ2v) is 6.95. The minimum atomic E-state index is -3.47. The van der Waals surface area contributed by atoms with Gasteiger partial charge in [-0.15, -0.1) is 4.40 Å². The van der Waals surface area contributed by atoms with E-state index in [0.717, 1.165) is 26.2 Å². The Kier molecular flexibility index (Phi) is 3.45. The van der Waals surface area contributed by atoms with Gasteiger partial charge in [-0.3, -0.25) is 4.55 Å². The summed E-state index contributed by atoms with van der Waals surface area (Å²) in [4.78, 5) is 8.53. The molecular weight excluding hydrogens is 300 g/mol. The van der Waals surface area contributed by atoms with Gasteiger partial charge in [-0.25, -0.2) is 9.20 Å². The number of guanidine groups is 1. The minimum Gasteiger partial charge on any atom is -0.338 e. The summed E-state index contributed by atoms with van der Waals surface area (Å²) < 4.78 is 26.5. The average Bonchev–Trinajstić information content (AvgIpc) is 2.40. The van der Waals surface area contributed by atoms with Crippen molar-refractivity contribution < 1.29 is 8.76 Å². The molecule has 1 fully saturated rings. The van der Waals surface area contributed by atoms with Crippen LogP contribution >= 0.6 is 11.6 Å². The summed E-state index contributed by atoms with van der Waals surface area (Å²) in [6.07, 6.45) is 0. The summed E-state index contributed by atoms with van der Waals surface area (Å²) >= 11 is 5.86. The van der Waals surface area contributed by atoms with E-state index in [9.17, 15) is 8.76 Å². The van der Waals surface area contributed by atoms with Crippen molar-refractivity contribution in [2.24, 2.45) is 9.39 Å². The van der Waals surface area contributed by atoms with Crippen LogP contribution in [0.5, 0.6) is 0 Å². The molecule has 3 rings (SSSR count). The summed E-state index contributed by atoms with van der Waals surface area (Å²) in [6, 6.07) is 4.76. The van der Waals surface area contributed by atoms with E-state index in [1.54, 1.807) is 12.1 Å². The molecular formula is C12H15ClN4O2S. The highest BCUT2D eigenvalue weighted by Gasteiger charge is 2.21. The van der Waals surface area contributed by atoms with Crippen LogP contribution in [-0.2, 0) is 9.99 Å². The molecule has 0 spiro atoms. The van der Waals surface area contributed by atoms with Crippen LogP contribution in [0.25, 0.3) is 0 Å². The predicted molar refractivity (Wildman–Crippen MR) is 78.7 cm³/mol. The second kappa shape index (κ2) is 5.00. The van der Waals surface area contributed by atoms with Crippen molar-refractivity contribution in [2.45, 2.75) is 0 Å². The van der Waals surface area contributed by atoms with Crippen molar-refractivity contribution in [2.75, 3.05) is 33.2 Å². The predicted octanol–water partition coefficient (Wildman–Crippen LogP) is 0.500. The van der Waals surface area contributed by atoms with Crippen LogP contribution in [0.15, 0.2) is 27.6 Å². The summed E-state index contributed by atoms with van der Waals surface area (Å²) in [6.45, 7) is 3.26. The third-order valence-corrected chi connectivity index (χ3v) is 4.97. The lowest BCUT2D eigenvalue weighted by Crippen LogP contribution is -2.47. The molecule has 2 heterocycles. The molecule has 0 aromatic heterocycles. The Balaban J connectivity index is 2.08. The largest absolute Gasteiger partial charge is 0.338 e. The SMILES string of the molecule is CN1CCN(C2=NS(=O)(O)=c3cc(Cl)ccc3=N2)CC1. The maximum absolute atomic E-state index is 12.3. The second-order valence-electron chi connectivity index (χ2n) is 4.90. The van der Waals surface area contributed by atoms with Crippen molar-refractivity contribution in [3.05, 3.63) is 33.1 Å². The summed E-state index contributed by atoms with van der Waals surface area (Å²) in [5.41, 5.74) is 0. The van der Waals surface area contributed by atoms with Crippen LogP contribution in [0.2, 0.25) is 5.02 Å². The number of nitrogens with zero attached hydrogens (tertiary/aromatic N) is 4. The van der Waals surface area contributed by atoms with E-state index < -0.39 is 9.99 Å². The lowest BCUT2D eigenvalue weighted by Gasteiger charge is -2.33. The number of hydrogen-bond donors (Lipinski definition) is 1. The Morgan fingerprint density at radius 3 is 2.70 bits per heavy atom. The summed E-state index contributed by atoms with van der Waals surface area (Å²) in [7, 11) is -1.43. The van der Waals surface area contributed by atoms with Crippen LogP contribution in [0, 0.1) is 4.51 Å². The molecule has 1 aromatic carbocycles. The third kappa shape index (κ3) is 2.54. The molecule has 8 heteroatoms. The van der Waals surface area contributed by atoms with Gasteiger partial charge in [0.1, 0.15) is 4.51 Å². The lowest BCUT2D eigenvalue weighted by atomic mass is 10.3. The van der Waals surface area contributed by atoms with Crippen molar-refractivity contribution >= 4 is 27.5 Å². The number of hydrogen-bond acceptors (Lipinski definition) is 4. The van der Waals surface area contributed by atoms with E-state index in [1.807, 2.05) is 11.9 Å². The van der Waals surface area contributed by atoms with E-state index in [0.29, 0.717) is 16.3 Å². The Bertz CT molecular complexity index is 777. The van der Waals surface area contributed by atoms with Crippen LogP contribution in [0.3, 0.4) is 0 Å². The summed E-state index contributed by atoms with van der Waals surface area (Å²) in [5.74, 6) is 0.334. The fraction of sp³-hybridized carbons (Fsp3) is 0.417. The fourth-order valence-corrected chi connectivity index (χ4v) is 3.60. The number of rotatable bonds is 0. The van der Waals surface area contributed by atoms with Crippen molar-refractivity contribution in [1.29, 1.82) is 0 Å². The van der Waals surface area contributed by atoms with E-state index in [1.165, 1.54) is 6.07 Å². The Morgan fingerprint density at radius 1 is 1.30 bits per heavy atom. The monoisotopic (exact) mass is 314 g/mol. The van der Waals surface area contributed by atoms with Crippen LogP contribution in [0.4, 0.5) is 0 Å². The van der Waals surface area contributed by atoms with Gasteiger partial charge in [0.25, 0.3) is 0 Å². The molecule has 0 bridgehead atoms. The van der Waals surface area contributed by atoms with Crippen molar-refractivity contribution in [3.63, 3.8) is 0 Å². The third-order valence-electron chi connectivity index (χ3n) is 3.42. The molecule has 1 aromatic rings. The van der Waals surface area contributed by atoms with Crippen LogP contribution < -0.4 is 5.36 Å². The number of fused-ring (bicyclic) bond motifs is 1. The Morgan fingerprint density at radius 2 is 2.00 bits per heavy atom. The van der Waals surface area contributed by atoms with E-state index in [4.69, 9.17) is 11.6 Å². The molecule has 1 atom stereocenters. The van der Waals surface area contributed by atoms with Gasteiger partial charge in [0.05, 0.1) is 5.36 Å². The molecule has 0 saturated carbocycles. The fourth-order valence-electron chi connectivity index (χ4n) is 2.22. The molecule has 20 heavy (non-hydrogen) atoms. The highest BCUT2D eigenvalue weighted by Crippen LogP contribution is 2.11. The Labute approximate surface area is 122 Å². The highest BCUT2D eigenvalue weighted by molar-refractivity contribution is 7.88. The van der Waals surface area contributed by atoms with Gasteiger partial charge >= 0.3 is 0 Å². The number of piperazine rings is 1. The van der Waals surface area contributed by atoms with Gasteiger partial charge in [0.2, 0.25) is 15.9 Å².